The van der Waals surface area contributed by atoms with Crippen LogP contribution >= 0.6 is 0 Å². The van der Waals surface area contributed by atoms with Gasteiger partial charge in [-0.3, -0.25) is 14.6 Å². The Balaban J connectivity index is 1.71. The van der Waals surface area contributed by atoms with Crippen molar-refractivity contribution in [3.8, 4) is 5.75 Å². The summed E-state index contributed by atoms with van der Waals surface area (Å²) in [5.41, 5.74) is 0.466. The zero-order valence-corrected chi connectivity index (χ0v) is 18.6. The van der Waals surface area contributed by atoms with Gasteiger partial charge in [-0.05, 0) is 38.2 Å². The number of ether oxygens (including phenoxy) is 1. The highest BCUT2D eigenvalue weighted by atomic mass is 16.5. The average molecular weight is 414 g/mol. The van der Waals surface area contributed by atoms with Gasteiger partial charge in [-0.25, -0.2) is 4.79 Å². The van der Waals surface area contributed by atoms with E-state index >= 15 is 0 Å². The van der Waals surface area contributed by atoms with E-state index in [-0.39, 0.29) is 11.9 Å². The Kier molecular flexibility index (Phi) is 7.19. The molecule has 2 fully saturated rings. The van der Waals surface area contributed by atoms with Gasteiger partial charge in [0.25, 0.3) is 5.91 Å². The summed E-state index contributed by atoms with van der Waals surface area (Å²) in [5.74, 6) is 1.36. The smallest absolute Gasteiger partial charge is 0.327 e. The second-order valence-corrected chi connectivity index (χ2v) is 8.68. The maximum Gasteiger partial charge on any atom is 0.327 e. The Morgan fingerprint density at radius 3 is 2.53 bits per heavy atom. The quantitative estimate of drug-likeness (QED) is 0.455. The Bertz CT molecular complexity index is 769. The van der Waals surface area contributed by atoms with Crippen LogP contribution in [0.15, 0.2) is 36.9 Å². The number of imide groups is 1. The number of carbonyl (C=O) groups excluding carboxylic acids is 2. The van der Waals surface area contributed by atoms with Crippen LogP contribution in [0, 0.1) is 5.92 Å². The second kappa shape index (κ2) is 9.65. The van der Waals surface area contributed by atoms with Gasteiger partial charge in [0.2, 0.25) is 0 Å². The molecule has 2 heterocycles. The molecule has 0 saturated carbocycles. The van der Waals surface area contributed by atoms with Gasteiger partial charge in [-0.2, -0.15) is 0 Å². The molecule has 0 aliphatic carbocycles. The molecule has 1 spiro atoms. The normalized spacial score (nSPS) is 19.2. The number of likely N-dealkylation sites (N-methyl/N-ethyl adjacent to an activating group) is 1. The van der Waals surface area contributed by atoms with Crippen LogP contribution in [0.25, 0.3) is 0 Å². The second-order valence-electron chi connectivity index (χ2n) is 8.68. The maximum atomic E-state index is 13.2. The molecule has 6 nitrogen and oxygen atoms in total. The molecule has 3 amide bonds. The molecule has 2 saturated heterocycles. The summed E-state index contributed by atoms with van der Waals surface area (Å²) in [6.07, 6.45) is 4.02. The summed E-state index contributed by atoms with van der Waals surface area (Å²) in [4.78, 5) is 31.8. The first-order valence-electron chi connectivity index (χ1n) is 11.1. The third kappa shape index (κ3) is 4.38. The van der Waals surface area contributed by atoms with E-state index in [1.54, 1.807) is 6.08 Å². The minimum absolute atomic E-state index is 0.00637. The molecular formula is C24H35N3O3. The van der Waals surface area contributed by atoms with Gasteiger partial charge >= 0.3 is 6.03 Å². The standard InChI is InChI=1S/C24H35N3O3/c1-5-17-30-21-10-8-7-9-20(21)18-25-15-12-24(13-16-25)22(28)26(6-2)23(29)27(24)14-11-19(3)4/h5,7-10,19H,1,6,11-18H2,2-4H3. The van der Waals surface area contributed by atoms with Gasteiger partial charge in [-0.15, -0.1) is 0 Å². The SMILES string of the molecule is C=CCOc1ccccc1CN1CCC2(CC1)C(=O)N(CC)C(=O)N2CCC(C)C. The molecule has 164 valence electrons. The third-order valence-corrected chi connectivity index (χ3v) is 6.27. The summed E-state index contributed by atoms with van der Waals surface area (Å²) in [5, 5.41) is 0. The van der Waals surface area contributed by atoms with E-state index in [0.717, 1.165) is 37.4 Å². The number of likely N-dealkylation sites (tertiary alicyclic amines) is 1. The summed E-state index contributed by atoms with van der Waals surface area (Å²) < 4.78 is 5.79. The first kappa shape index (κ1) is 22.3. The number of nitrogens with zero attached hydrogens (tertiary/aromatic N) is 3. The predicted octanol–water partition coefficient (Wildman–Crippen LogP) is 3.92. The number of urea groups is 1. The zero-order chi connectivity index (χ0) is 21.7. The van der Waals surface area contributed by atoms with E-state index in [9.17, 15) is 9.59 Å². The van der Waals surface area contributed by atoms with Gasteiger partial charge in [0.05, 0.1) is 0 Å². The lowest BCUT2D eigenvalue weighted by atomic mass is 9.85. The van der Waals surface area contributed by atoms with E-state index < -0.39 is 5.54 Å². The highest BCUT2D eigenvalue weighted by molar-refractivity contribution is 6.07. The minimum Gasteiger partial charge on any atom is -0.489 e. The maximum absolute atomic E-state index is 13.2. The first-order chi connectivity index (χ1) is 14.4. The number of para-hydroxylation sites is 1. The molecule has 0 aromatic heterocycles. The van der Waals surface area contributed by atoms with Crippen LogP contribution in [0.4, 0.5) is 4.79 Å². The van der Waals surface area contributed by atoms with Crippen LogP contribution in [-0.2, 0) is 11.3 Å². The van der Waals surface area contributed by atoms with E-state index in [4.69, 9.17) is 4.74 Å². The van der Waals surface area contributed by atoms with Crippen molar-refractivity contribution < 1.29 is 14.3 Å². The molecule has 0 unspecified atom stereocenters. The fourth-order valence-electron chi connectivity index (χ4n) is 4.49. The Morgan fingerprint density at radius 1 is 1.20 bits per heavy atom. The van der Waals surface area contributed by atoms with Crippen molar-refractivity contribution >= 4 is 11.9 Å². The Labute approximate surface area is 180 Å². The van der Waals surface area contributed by atoms with Gasteiger partial charge in [-0.1, -0.05) is 44.7 Å². The molecular weight excluding hydrogens is 378 g/mol. The first-order valence-corrected chi connectivity index (χ1v) is 11.1. The van der Waals surface area contributed by atoms with Gasteiger partial charge in [0.15, 0.2) is 0 Å². The van der Waals surface area contributed by atoms with Gasteiger partial charge in [0, 0.05) is 38.3 Å². The molecule has 2 aliphatic heterocycles. The van der Waals surface area contributed by atoms with Crippen LogP contribution in [0.5, 0.6) is 5.75 Å². The van der Waals surface area contributed by atoms with Crippen molar-refractivity contribution in [2.75, 3.05) is 32.8 Å². The molecule has 30 heavy (non-hydrogen) atoms. The lowest BCUT2D eigenvalue weighted by Gasteiger charge is -2.42. The van der Waals surface area contributed by atoms with E-state index in [0.29, 0.717) is 38.5 Å². The van der Waals surface area contributed by atoms with Crippen molar-refractivity contribution in [2.45, 2.75) is 52.1 Å². The van der Waals surface area contributed by atoms with Crippen LogP contribution in [0.1, 0.15) is 45.6 Å². The largest absolute Gasteiger partial charge is 0.489 e. The molecule has 3 rings (SSSR count). The fourth-order valence-corrected chi connectivity index (χ4v) is 4.49. The molecule has 0 atom stereocenters. The Hall–Kier alpha value is -2.34. The van der Waals surface area contributed by atoms with Crippen LogP contribution < -0.4 is 4.74 Å². The van der Waals surface area contributed by atoms with Gasteiger partial charge < -0.3 is 9.64 Å². The summed E-state index contributed by atoms with van der Waals surface area (Å²) in [6, 6.07) is 7.95. The molecule has 2 aliphatic rings. The van der Waals surface area contributed by atoms with Crippen molar-refractivity contribution in [1.82, 2.24) is 14.7 Å². The summed E-state index contributed by atoms with van der Waals surface area (Å²) >= 11 is 0. The lowest BCUT2D eigenvalue weighted by Crippen LogP contribution is -2.56. The molecule has 1 aromatic carbocycles. The predicted molar refractivity (Wildman–Crippen MR) is 118 cm³/mol. The van der Waals surface area contributed by atoms with E-state index in [1.807, 2.05) is 30.0 Å². The van der Waals surface area contributed by atoms with Crippen LogP contribution in [0.2, 0.25) is 0 Å². The molecule has 0 bridgehead atoms. The number of piperidine rings is 1. The lowest BCUT2D eigenvalue weighted by molar-refractivity contribution is -0.135. The minimum atomic E-state index is -0.669. The van der Waals surface area contributed by atoms with Crippen molar-refractivity contribution in [1.29, 1.82) is 0 Å². The number of benzene rings is 1. The highest BCUT2D eigenvalue weighted by Gasteiger charge is 2.57. The number of carbonyl (C=O) groups is 2. The summed E-state index contributed by atoms with van der Waals surface area (Å²) in [6.45, 7) is 13.8. The third-order valence-electron chi connectivity index (χ3n) is 6.27. The molecule has 0 radical (unpaired) electrons. The molecule has 0 N–H and O–H groups in total. The number of hydrogen-bond donors (Lipinski definition) is 0. The highest BCUT2D eigenvalue weighted by Crippen LogP contribution is 2.38. The van der Waals surface area contributed by atoms with Crippen molar-refractivity contribution in [2.24, 2.45) is 5.92 Å². The van der Waals surface area contributed by atoms with Gasteiger partial charge in [0.1, 0.15) is 17.9 Å². The topological polar surface area (TPSA) is 53.1 Å². The number of amides is 3. The zero-order valence-electron chi connectivity index (χ0n) is 18.6. The number of hydrogen-bond acceptors (Lipinski definition) is 4. The van der Waals surface area contributed by atoms with Crippen LogP contribution in [-0.4, -0.2) is 65.0 Å². The molecule has 1 aromatic rings. The van der Waals surface area contributed by atoms with E-state index in [2.05, 4.69) is 31.4 Å². The van der Waals surface area contributed by atoms with Crippen molar-refractivity contribution in [3.63, 3.8) is 0 Å². The van der Waals surface area contributed by atoms with Crippen molar-refractivity contribution in [3.05, 3.63) is 42.5 Å². The Morgan fingerprint density at radius 2 is 1.90 bits per heavy atom. The monoisotopic (exact) mass is 413 g/mol. The molecule has 6 heteroatoms. The fraction of sp³-hybridized carbons (Fsp3) is 0.583. The average Bonchev–Trinajstić information content (AvgIpc) is 2.93. The van der Waals surface area contributed by atoms with E-state index in [1.165, 1.54) is 4.90 Å². The number of rotatable bonds is 9. The van der Waals surface area contributed by atoms with Crippen LogP contribution in [0.3, 0.4) is 0 Å². The summed E-state index contributed by atoms with van der Waals surface area (Å²) in [7, 11) is 0.